The van der Waals surface area contributed by atoms with E-state index in [9.17, 15) is 14.9 Å². The molecule has 1 aliphatic heterocycles. The van der Waals surface area contributed by atoms with Crippen LogP contribution >= 0.6 is 0 Å². The molecular weight excluding hydrogens is 262 g/mol. The lowest BCUT2D eigenvalue weighted by molar-refractivity contribution is -0.384. The Hall–Kier alpha value is -2.15. The monoisotopic (exact) mass is 279 g/mol. The Morgan fingerprint density at radius 3 is 2.75 bits per heavy atom. The molecular formula is C13H17N3O4. The van der Waals surface area contributed by atoms with Crippen LogP contribution in [0.3, 0.4) is 0 Å². The predicted molar refractivity (Wildman–Crippen MR) is 73.8 cm³/mol. The molecule has 1 aromatic rings. The predicted octanol–water partition coefficient (Wildman–Crippen LogP) is 1.45. The first-order valence-corrected chi connectivity index (χ1v) is 6.36. The molecule has 0 aromatic heterocycles. The minimum absolute atomic E-state index is 0.0717. The van der Waals surface area contributed by atoms with E-state index in [4.69, 9.17) is 10.5 Å². The van der Waals surface area contributed by atoms with Crippen LogP contribution in [0.2, 0.25) is 0 Å². The van der Waals surface area contributed by atoms with Crippen molar-refractivity contribution in [3.05, 3.63) is 28.3 Å². The van der Waals surface area contributed by atoms with Crippen LogP contribution in [0.1, 0.15) is 20.3 Å². The first-order chi connectivity index (χ1) is 9.36. The Morgan fingerprint density at radius 2 is 2.15 bits per heavy atom. The van der Waals surface area contributed by atoms with Crippen molar-refractivity contribution in [2.75, 3.05) is 18.0 Å². The van der Waals surface area contributed by atoms with Crippen molar-refractivity contribution in [1.82, 2.24) is 0 Å². The Bertz CT molecular complexity index is 557. The third kappa shape index (κ3) is 2.44. The Balaban J connectivity index is 2.47. The topological polar surface area (TPSA) is 98.7 Å². The summed E-state index contributed by atoms with van der Waals surface area (Å²) >= 11 is 0. The van der Waals surface area contributed by atoms with Gasteiger partial charge in [0, 0.05) is 18.7 Å². The van der Waals surface area contributed by atoms with Gasteiger partial charge in [-0.25, -0.2) is 0 Å². The van der Waals surface area contributed by atoms with E-state index in [0.717, 1.165) is 0 Å². The average Bonchev–Trinajstić information content (AvgIpc) is 2.38. The molecule has 0 bridgehead atoms. The molecule has 20 heavy (non-hydrogen) atoms. The molecule has 108 valence electrons. The van der Waals surface area contributed by atoms with Crippen LogP contribution in [0.25, 0.3) is 0 Å². The number of anilines is 1. The summed E-state index contributed by atoms with van der Waals surface area (Å²) in [5.74, 6) is 0.246. The van der Waals surface area contributed by atoms with E-state index in [0.29, 0.717) is 30.9 Å². The number of nitro groups is 1. The molecule has 2 N–H and O–H groups in total. The molecule has 0 atom stereocenters. The summed E-state index contributed by atoms with van der Waals surface area (Å²) in [6.45, 7) is 4.20. The second kappa shape index (κ2) is 5.09. The number of carbonyl (C=O) groups excluding carboxylic acids is 1. The van der Waals surface area contributed by atoms with Gasteiger partial charge < -0.3 is 15.4 Å². The summed E-state index contributed by atoms with van der Waals surface area (Å²) in [5.41, 5.74) is 4.85. The van der Waals surface area contributed by atoms with Crippen molar-refractivity contribution >= 4 is 17.3 Å². The lowest BCUT2D eigenvalue weighted by Crippen LogP contribution is -2.53. The number of benzene rings is 1. The molecule has 2 rings (SSSR count). The molecule has 1 amide bonds. The Kier molecular flexibility index (Phi) is 3.63. The minimum Gasteiger partial charge on any atom is -0.476 e. The zero-order valence-electron chi connectivity index (χ0n) is 11.5. The number of nitrogens with zero attached hydrogens (tertiary/aromatic N) is 2. The molecule has 0 radical (unpaired) electrons. The quantitative estimate of drug-likeness (QED) is 0.664. The summed E-state index contributed by atoms with van der Waals surface area (Å²) < 4.78 is 5.63. The number of nitro benzene ring substituents is 1. The van der Waals surface area contributed by atoms with E-state index in [1.807, 2.05) is 0 Å². The number of rotatable bonds is 4. The van der Waals surface area contributed by atoms with Crippen molar-refractivity contribution in [3.8, 4) is 5.75 Å². The van der Waals surface area contributed by atoms with Crippen molar-refractivity contribution in [2.45, 2.75) is 25.9 Å². The van der Waals surface area contributed by atoms with Crippen molar-refractivity contribution in [2.24, 2.45) is 5.73 Å². The van der Waals surface area contributed by atoms with Gasteiger partial charge in [-0.15, -0.1) is 0 Å². The molecule has 0 fully saturated rings. The zero-order chi connectivity index (χ0) is 14.9. The Morgan fingerprint density at radius 1 is 1.45 bits per heavy atom. The highest BCUT2D eigenvalue weighted by Crippen LogP contribution is 2.39. The van der Waals surface area contributed by atoms with Gasteiger partial charge in [-0.05, 0) is 32.9 Å². The summed E-state index contributed by atoms with van der Waals surface area (Å²) in [5, 5.41) is 10.9. The summed E-state index contributed by atoms with van der Waals surface area (Å²) in [6.07, 6.45) is 0.615. The van der Waals surface area contributed by atoms with Crippen LogP contribution < -0.4 is 15.4 Å². The smallest absolute Gasteiger partial charge is 0.271 e. The standard InChI is InChI=1S/C13H17N3O4/c1-13(2)12(17)15(7-3-6-14)10-8-9(16(18)19)4-5-11(10)20-13/h4-5,8H,3,6-7,14H2,1-2H3. The average molecular weight is 279 g/mol. The molecule has 1 heterocycles. The second-order valence-corrected chi connectivity index (χ2v) is 5.12. The fraction of sp³-hybridized carbons (Fsp3) is 0.462. The molecule has 1 aromatic carbocycles. The zero-order valence-corrected chi connectivity index (χ0v) is 11.5. The van der Waals surface area contributed by atoms with Crippen LogP contribution in [-0.2, 0) is 4.79 Å². The third-order valence-electron chi connectivity index (χ3n) is 3.16. The highest BCUT2D eigenvalue weighted by atomic mass is 16.6. The van der Waals surface area contributed by atoms with Gasteiger partial charge in [-0.1, -0.05) is 0 Å². The van der Waals surface area contributed by atoms with Crippen LogP contribution in [0.5, 0.6) is 5.75 Å². The van der Waals surface area contributed by atoms with E-state index in [2.05, 4.69) is 0 Å². The summed E-state index contributed by atoms with van der Waals surface area (Å²) in [7, 11) is 0. The maximum absolute atomic E-state index is 12.4. The highest BCUT2D eigenvalue weighted by molar-refractivity contribution is 6.02. The first kappa shape index (κ1) is 14.3. The van der Waals surface area contributed by atoms with Gasteiger partial charge >= 0.3 is 0 Å². The van der Waals surface area contributed by atoms with Crippen LogP contribution in [0, 0.1) is 10.1 Å². The molecule has 7 heteroatoms. The maximum Gasteiger partial charge on any atom is 0.271 e. The summed E-state index contributed by atoms with van der Waals surface area (Å²) in [4.78, 5) is 24.3. The van der Waals surface area contributed by atoms with Gasteiger partial charge in [-0.2, -0.15) is 0 Å². The first-order valence-electron chi connectivity index (χ1n) is 6.36. The maximum atomic E-state index is 12.4. The second-order valence-electron chi connectivity index (χ2n) is 5.12. The van der Waals surface area contributed by atoms with E-state index in [-0.39, 0.29) is 11.6 Å². The minimum atomic E-state index is -0.988. The van der Waals surface area contributed by atoms with Gasteiger partial charge in [0.05, 0.1) is 10.6 Å². The number of non-ortho nitro benzene ring substituents is 1. The summed E-state index contributed by atoms with van der Waals surface area (Å²) in [6, 6.07) is 4.25. The number of carbonyl (C=O) groups is 1. The van der Waals surface area contributed by atoms with E-state index in [1.165, 1.54) is 23.1 Å². The number of hydrogen-bond donors (Lipinski definition) is 1. The van der Waals surface area contributed by atoms with Crippen LogP contribution in [-0.4, -0.2) is 29.5 Å². The van der Waals surface area contributed by atoms with Gasteiger partial charge in [0.1, 0.15) is 5.75 Å². The molecule has 0 spiro atoms. The van der Waals surface area contributed by atoms with Gasteiger partial charge in [0.2, 0.25) is 0 Å². The van der Waals surface area contributed by atoms with E-state index >= 15 is 0 Å². The molecule has 0 unspecified atom stereocenters. The largest absolute Gasteiger partial charge is 0.476 e. The van der Waals surface area contributed by atoms with Crippen LogP contribution in [0.15, 0.2) is 18.2 Å². The molecule has 1 aliphatic rings. The van der Waals surface area contributed by atoms with Crippen LogP contribution in [0.4, 0.5) is 11.4 Å². The van der Waals surface area contributed by atoms with Gasteiger partial charge in [0.15, 0.2) is 5.60 Å². The molecule has 0 aliphatic carbocycles. The molecule has 0 saturated heterocycles. The van der Waals surface area contributed by atoms with Crippen molar-refractivity contribution in [1.29, 1.82) is 0 Å². The third-order valence-corrected chi connectivity index (χ3v) is 3.16. The van der Waals surface area contributed by atoms with Gasteiger partial charge in [-0.3, -0.25) is 14.9 Å². The number of nitrogens with two attached hydrogens (primary N) is 1. The fourth-order valence-corrected chi connectivity index (χ4v) is 2.14. The van der Waals surface area contributed by atoms with E-state index in [1.54, 1.807) is 13.8 Å². The lowest BCUT2D eigenvalue weighted by Gasteiger charge is -2.38. The number of fused-ring (bicyclic) bond motifs is 1. The van der Waals surface area contributed by atoms with Crippen molar-refractivity contribution in [3.63, 3.8) is 0 Å². The number of amides is 1. The van der Waals surface area contributed by atoms with E-state index < -0.39 is 10.5 Å². The Labute approximate surface area is 116 Å². The number of hydrogen-bond acceptors (Lipinski definition) is 5. The number of ether oxygens (including phenoxy) is 1. The van der Waals surface area contributed by atoms with Gasteiger partial charge in [0.25, 0.3) is 11.6 Å². The fourth-order valence-electron chi connectivity index (χ4n) is 2.14. The molecule has 7 nitrogen and oxygen atoms in total. The van der Waals surface area contributed by atoms with Crippen molar-refractivity contribution < 1.29 is 14.5 Å². The SMILES string of the molecule is CC1(C)Oc2ccc([N+](=O)[O-])cc2N(CCCN)C1=O. The molecule has 0 saturated carbocycles. The lowest BCUT2D eigenvalue weighted by atomic mass is 10.0. The highest BCUT2D eigenvalue weighted by Gasteiger charge is 2.41. The normalized spacial score (nSPS) is 16.6.